The van der Waals surface area contributed by atoms with Gasteiger partial charge in [0.15, 0.2) is 0 Å². The molecule has 0 aliphatic carbocycles. The van der Waals surface area contributed by atoms with Crippen LogP contribution in [0.1, 0.15) is 38.7 Å². The van der Waals surface area contributed by atoms with E-state index >= 15 is 0 Å². The molecule has 1 saturated heterocycles. The summed E-state index contributed by atoms with van der Waals surface area (Å²) in [6.45, 7) is 6.39. The molecular weight excluding hydrogens is 266 g/mol. The lowest BCUT2D eigenvalue weighted by Crippen LogP contribution is -2.39. The fourth-order valence-corrected chi connectivity index (χ4v) is 2.82. The van der Waals surface area contributed by atoms with Crippen molar-refractivity contribution in [2.75, 3.05) is 30.3 Å². The number of carbonyl (C=O) groups is 1. The maximum Gasteiger partial charge on any atom is 0.216 e. The number of aromatic nitrogens is 2. The molecule has 0 bridgehead atoms. The van der Waals surface area contributed by atoms with Crippen LogP contribution in [0.4, 0.5) is 11.6 Å². The van der Waals surface area contributed by atoms with E-state index in [-0.39, 0.29) is 5.91 Å². The molecule has 1 aliphatic heterocycles. The summed E-state index contributed by atoms with van der Waals surface area (Å²) in [6.07, 6.45) is 5.62. The van der Waals surface area contributed by atoms with E-state index in [1.54, 1.807) is 13.3 Å². The van der Waals surface area contributed by atoms with Crippen LogP contribution in [-0.2, 0) is 11.2 Å². The van der Waals surface area contributed by atoms with Gasteiger partial charge in [-0.15, -0.1) is 0 Å². The molecule has 116 valence electrons. The molecule has 2 rings (SSSR count). The number of rotatable bonds is 5. The number of nitrogens with two attached hydrogens (primary N) is 1. The lowest BCUT2D eigenvalue weighted by atomic mass is 9.96. The van der Waals surface area contributed by atoms with Crippen molar-refractivity contribution in [3.63, 3.8) is 0 Å². The van der Waals surface area contributed by atoms with Crippen molar-refractivity contribution in [3.05, 3.63) is 11.9 Å². The summed E-state index contributed by atoms with van der Waals surface area (Å²) in [5, 5.41) is 2.91. The molecule has 21 heavy (non-hydrogen) atoms. The van der Waals surface area contributed by atoms with Crippen molar-refractivity contribution in [3.8, 4) is 0 Å². The predicted octanol–water partition coefficient (Wildman–Crippen LogP) is 1.36. The van der Waals surface area contributed by atoms with Crippen molar-refractivity contribution in [2.24, 2.45) is 5.92 Å². The van der Waals surface area contributed by atoms with Crippen molar-refractivity contribution in [1.82, 2.24) is 15.3 Å². The monoisotopic (exact) mass is 291 g/mol. The van der Waals surface area contributed by atoms with E-state index in [0.717, 1.165) is 56.7 Å². The van der Waals surface area contributed by atoms with Gasteiger partial charge in [0.05, 0.1) is 0 Å². The Hall–Kier alpha value is -1.85. The van der Waals surface area contributed by atoms with Crippen LogP contribution in [-0.4, -0.2) is 35.5 Å². The van der Waals surface area contributed by atoms with Crippen molar-refractivity contribution >= 4 is 17.5 Å². The Kier molecular flexibility index (Phi) is 5.36. The molecule has 1 aromatic heterocycles. The number of nitrogens with one attached hydrogen (secondary N) is 1. The molecule has 0 spiro atoms. The topological polar surface area (TPSA) is 84.1 Å². The van der Waals surface area contributed by atoms with E-state index in [1.165, 1.54) is 0 Å². The van der Waals surface area contributed by atoms with E-state index in [1.807, 2.05) is 0 Å². The largest absolute Gasteiger partial charge is 0.383 e. The normalized spacial score (nSPS) is 16.0. The zero-order chi connectivity index (χ0) is 15.2. The highest BCUT2D eigenvalue weighted by molar-refractivity contribution is 5.72. The first-order chi connectivity index (χ1) is 10.1. The summed E-state index contributed by atoms with van der Waals surface area (Å²) >= 11 is 0. The zero-order valence-electron chi connectivity index (χ0n) is 12.9. The van der Waals surface area contributed by atoms with E-state index in [2.05, 4.69) is 27.1 Å². The predicted molar refractivity (Wildman–Crippen MR) is 84.1 cm³/mol. The summed E-state index contributed by atoms with van der Waals surface area (Å²) in [6, 6.07) is 0. The maximum atomic E-state index is 11.0. The third kappa shape index (κ3) is 4.06. The number of nitrogens with zero attached hydrogens (tertiary/aromatic N) is 3. The van der Waals surface area contributed by atoms with Gasteiger partial charge in [-0.25, -0.2) is 9.97 Å². The molecule has 1 amide bonds. The minimum atomic E-state index is 0.0474. The molecule has 0 unspecified atom stereocenters. The molecule has 0 aromatic carbocycles. The van der Waals surface area contributed by atoms with Gasteiger partial charge in [-0.05, 0) is 25.2 Å². The van der Waals surface area contributed by atoms with Gasteiger partial charge in [-0.2, -0.15) is 0 Å². The quantitative estimate of drug-likeness (QED) is 0.856. The molecule has 0 radical (unpaired) electrons. The molecule has 0 saturated carbocycles. The van der Waals surface area contributed by atoms with Crippen LogP contribution in [0, 0.1) is 5.92 Å². The second kappa shape index (κ2) is 7.24. The first kappa shape index (κ1) is 15.5. The van der Waals surface area contributed by atoms with Crippen molar-refractivity contribution in [1.29, 1.82) is 0 Å². The number of nitrogen functional groups attached to an aromatic ring is 1. The fraction of sp³-hybridized carbons (Fsp3) is 0.667. The Morgan fingerprint density at radius 3 is 2.76 bits per heavy atom. The van der Waals surface area contributed by atoms with Gasteiger partial charge in [0.2, 0.25) is 5.91 Å². The SMILES string of the molecule is CCCc1c(N)ncnc1N1CCC(CNC(C)=O)CC1. The van der Waals surface area contributed by atoms with Gasteiger partial charge < -0.3 is 16.0 Å². The fourth-order valence-electron chi connectivity index (χ4n) is 2.82. The number of carbonyl (C=O) groups excluding carboxylic acids is 1. The summed E-state index contributed by atoms with van der Waals surface area (Å²) in [5.74, 6) is 2.19. The van der Waals surface area contributed by atoms with Crippen LogP contribution in [0.15, 0.2) is 6.33 Å². The van der Waals surface area contributed by atoms with Gasteiger partial charge in [-0.1, -0.05) is 13.3 Å². The lowest BCUT2D eigenvalue weighted by molar-refractivity contribution is -0.119. The second-order valence-electron chi connectivity index (χ2n) is 5.68. The Bertz CT molecular complexity index is 483. The summed E-state index contributed by atoms with van der Waals surface area (Å²) in [5.41, 5.74) is 7.07. The molecule has 1 aliphatic rings. The van der Waals surface area contributed by atoms with E-state index in [0.29, 0.717) is 11.7 Å². The number of amides is 1. The smallest absolute Gasteiger partial charge is 0.216 e. The number of hydrogen-bond acceptors (Lipinski definition) is 5. The Balaban J connectivity index is 1.99. The average molecular weight is 291 g/mol. The zero-order valence-corrected chi connectivity index (χ0v) is 12.9. The van der Waals surface area contributed by atoms with Crippen LogP contribution in [0.5, 0.6) is 0 Å². The third-order valence-corrected chi connectivity index (χ3v) is 4.01. The minimum absolute atomic E-state index is 0.0474. The van der Waals surface area contributed by atoms with Gasteiger partial charge in [0.25, 0.3) is 0 Å². The molecule has 0 atom stereocenters. The average Bonchev–Trinajstić information content (AvgIpc) is 2.48. The van der Waals surface area contributed by atoms with Gasteiger partial charge in [0.1, 0.15) is 18.0 Å². The molecule has 3 N–H and O–H groups in total. The molecule has 6 heteroatoms. The van der Waals surface area contributed by atoms with Gasteiger partial charge >= 0.3 is 0 Å². The lowest BCUT2D eigenvalue weighted by Gasteiger charge is -2.34. The van der Waals surface area contributed by atoms with Crippen LogP contribution in [0.2, 0.25) is 0 Å². The second-order valence-corrected chi connectivity index (χ2v) is 5.68. The Labute approximate surface area is 126 Å². The minimum Gasteiger partial charge on any atom is -0.383 e. The van der Waals surface area contributed by atoms with E-state index in [4.69, 9.17) is 5.73 Å². The Morgan fingerprint density at radius 1 is 1.43 bits per heavy atom. The first-order valence-corrected chi connectivity index (χ1v) is 7.70. The van der Waals surface area contributed by atoms with Crippen LogP contribution in [0.25, 0.3) is 0 Å². The number of hydrogen-bond donors (Lipinski definition) is 2. The standard InChI is InChI=1S/C15H25N5O/c1-3-4-13-14(16)18-10-19-15(13)20-7-5-12(6-8-20)9-17-11(2)21/h10,12H,3-9H2,1-2H3,(H,17,21)(H2,16,18,19). The molecule has 1 fully saturated rings. The molecular formula is C15H25N5O. The molecule has 2 heterocycles. The molecule has 6 nitrogen and oxygen atoms in total. The summed E-state index contributed by atoms with van der Waals surface area (Å²) in [7, 11) is 0. The molecule has 1 aromatic rings. The first-order valence-electron chi connectivity index (χ1n) is 7.70. The maximum absolute atomic E-state index is 11.0. The van der Waals surface area contributed by atoms with Gasteiger partial charge in [-0.3, -0.25) is 4.79 Å². The summed E-state index contributed by atoms with van der Waals surface area (Å²) < 4.78 is 0. The number of piperidine rings is 1. The highest BCUT2D eigenvalue weighted by Gasteiger charge is 2.22. The Morgan fingerprint density at radius 2 is 2.14 bits per heavy atom. The van der Waals surface area contributed by atoms with Crippen LogP contribution >= 0.6 is 0 Å². The van der Waals surface area contributed by atoms with Crippen molar-refractivity contribution in [2.45, 2.75) is 39.5 Å². The summed E-state index contributed by atoms with van der Waals surface area (Å²) in [4.78, 5) is 21.8. The van der Waals surface area contributed by atoms with Crippen LogP contribution in [0.3, 0.4) is 0 Å². The van der Waals surface area contributed by atoms with Gasteiger partial charge in [0, 0.05) is 32.1 Å². The highest BCUT2D eigenvalue weighted by atomic mass is 16.1. The van der Waals surface area contributed by atoms with E-state index in [9.17, 15) is 4.79 Å². The van der Waals surface area contributed by atoms with E-state index < -0.39 is 0 Å². The number of anilines is 2. The van der Waals surface area contributed by atoms with Crippen LogP contribution < -0.4 is 16.0 Å². The highest BCUT2D eigenvalue weighted by Crippen LogP contribution is 2.27. The van der Waals surface area contributed by atoms with Crippen molar-refractivity contribution < 1.29 is 4.79 Å². The third-order valence-electron chi connectivity index (χ3n) is 4.01.